The molecule has 0 bridgehead atoms. The molecule has 154 valence electrons. The molecule has 3 aromatic rings. The second-order valence-electron chi connectivity index (χ2n) is 7.20. The van der Waals surface area contributed by atoms with Crippen LogP contribution in [0.5, 0.6) is 0 Å². The maximum Gasteiger partial charge on any atom is 0.226 e. The predicted octanol–water partition coefficient (Wildman–Crippen LogP) is 3.90. The third kappa shape index (κ3) is 4.21. The van der Waals surface area contributed by atoms with Gasteiger partial charge in [0.05, 0.1) is 17.8 Å². The molecule has 1 amide bonds. The lowest BCUT2D eigenvalue weighted by Gasteiger charge is -2.28. The van der Waals surface area contributed by atoms with E-state index in [1.807, 2.05) is 48.5 Å². The van der Waals surface area contributed by atoms with Crippen molar-refractivity contribution in [1.29, 1.82) is 0 Å². The number of amides is 1. The quantitative estimate of drug-likeness (QED) is 0.569. The highest BCUT2D eigenvalue weighted by molar-refractivity contribution is 7.80. The van der Waals surface area contributed by atoms with Crippen molar-refractivity contribution in [2.45, 2.75) is 32.0 Å². The van der Waals surface area contributed by atoms with Crippen LogP contribution in [0.1, 0.15) is 36.8 Å². The maximum absolute atomic E-state index is 12.5. The zero-order valence-electron chi connectivity index (χ0n) is 16.9. The zero-order chi connectivity index (χ0) is 20.9. The lowest BCUT2D eigenvalue weighted by Crippen LogP contribution is -2.33. The lowest BCUT2D eigenvalue weighted by atomic mass is 10.0. The van der Waals surface area contributed by atoms with Crippen molar-refractivity contribution in [1.82, 2.24) is 19.8 Å². The van der Waals surface area contributed by atoms with Gasteiger partial charge in [-0.05, 0) is 55.5 Å². The molecule has 30 heavy (non-hydrogen) atoms. The van der Waals surface area contributed by atoms with Crippen LogP contribution < -0.4 is 10.6 Å². The summed E-state index contributed by atoms with van der Waals surface area (Å²) in [7, 11) is 0. The van der Waals surface area contributed by atoms with Crippen molar-refractivity contribution in [2.75, 3.05) is 11.9 Å². The minimum absolute atomic E-state index is 0.0325. The van der Waals surface area contributed by atoms with Crippen LogP contribution >= 0.6 is 12.2 Å². The molecule has 4 rings (SSSR count). The molecule has 2 atom stereocenters. The van der Waals surface area contributed by atoms with Gasteiger partial charge in [0.2, 0.25) is 5.91 Å². The monoisotopic (exact) mass is 419 g/mol. The third-order valence-corrected chi connectivity index (χ3v) is 5.70. The number of benzene rings is 1. The molecule has 6 nitrogen and oxygen atoms in total. The smallest absolute Gasteiger partial charge is 0.226 e. The Balaban J connectivity index is 1.55. The summed E-state index contributed by atoms with van der Waals surface area (Å²) in [5.41, 5.74) is 2.89. The Morgan fingerprint density at radius 2 is 1.93 bits per heavy atom. The molecule has 1 aliphatic rings. The minimum Gasteiger partial charge on any atom is -0.352 e. The molecular weight excluding hydrogens is 394 g/mol. The summed E-state index contributed by atoms with van der Waals surface area (Å²) >= 11 is 5.68. The fourth-order valence-electron chi connectivity index (χ4n) is 3.92. The Kier molecular flexibility index (Phi) is 6.09. The van der Waals surface area contributed by atoms with Gasteiger partial charge in [0.15, 0.2) is 5.11 Å². The number of nitrogens with zero attached hydrogens (tertiary/aromatic N) is 3. The number of anilines is 1. The number of para-hydroxylation sites is 1. The second-order valence-corrected chi connectivity index (χ2v) is 7.59. The van der Waals surface area contributed by atoms with Crippen molar-refractivity contribution in [3.63, 3.8) is 0 Å². The Morgan fingerprint density at radius 1 is 1.13 bits per heavy atom. The number of pyridine rings is 1. The molecule has 0 aliphatic carbocycles. The van der Waals surface area contributed by atoms with Gasteiger partial charge in [-0.3, -0.25) is 9.78 Å². The first kappa shape index (κ1) is 20.1. The maximum atomic E-state index is 12.5. The first-order chi connectivity index (χ1) is 14.7. The van der Waals surface area contributed by atoms with Gasteiger partial charge in [-0.25, -0.2) is 0 Å². The van der Waals surface area contributed by atoms with E-state index in [0.717, 1.165) is 23.6 Å². The van der Waals surface area contributed by atoms with Gasteiger partial charge >= 0.3 is 0 Å². The first-order valence-electron chi connectivity index (χ1n) is 10.2. The molecule has 0 unspecified atom stereocenters. The molecule has 2 N–H and O–H groups in total. The molecule has 1 fully saturated rings. The van der Waals surface area contributed by atoms with E-state index >= 15 is 0 Å². The summed E-state index contributed by atoms with van der Waals surface area (Å²) < 4.78 is 2.22. The number of nitrogens with one attached hydrogen (secondary N) is 2. The van der Waals surface area contributed by atoms with Gasteiger partial charge in [-0.2, -0.15) is 0 Å². The number of rotatable bonds is 7. The van der Waals surface area contributed by atoms with Crippen LogP contribution in [0.15, 0.2) is 73.1 Å². The molecule has 3 heterocycles. The number of carbonyl (C=O) groups excluding carboxylic acids is 1. The molecule has 2 aromatic heterocycles. The van der Waals surface area contributed by atoms with Crippen LogP contribution in [0.2, 0.25) is 0 Å². The van der Waals surface area contributed by atoms with E-state index in [2.05, 4.69) is 50.3 Å². The summed E-state index contributed by atoms with van der Waals surface area (Å²) in [6, 6.07) is 19.5. The van der Waals surface area contributed by atoms with Crippen molar-refractivity contribution < 1.29 is 4.79 Å². The third-order valence-electron chi connectivity index (χ3n) is 5.34. The lowest BCUT2D eigenvalue weighted by molar-refractivity contribution is -0.116. The highest BCUT2D eigenvalue weighted by atomic mass is 32.1. The molecule has 1 aromatic carbocycles. The minimum atomic E-state index is -0.0731. The Morgan fingerprint density at radius 3 is 2.67 bits per heavy atom. The van der Waals surface area contributed by atoms with E-state index in [4.69, 9.17) is 12.2 Å². The summed E-state index contributed by atoms with van der Waals surface area (Å²) in [6.07, 6.45) is 4.22. The Hall–Kier alpha value is -3.19. The van der Waals surface area contributed by atoms with E-state index in [0.29, 0.717) is 18.1 Å². The summed E-state index contributed by atoms with van der Waals surface area (Å²) in [6.45, 7) is 3.51. The van der Waals surface area contributed by atoms with E-state index < -0.39 is 0 Å². The summed E-state index contributed by atoms with van der Waals surface area (Å²) in [5, 5.41) is 7.03. The topological polar surface area (TPSA) is 62.2 Å². The molecule has 1 aliphatic heterocycles. The van der Waals surface area contributed by atoms with Crippen molar-refractivity contribution in [3.05, 3.63) is 84.4 Å². The normalized spacial score (nSPS) is 18.3. The summed E-state index contributed by atoms with van der Waals surface area (Å²) in [5.74, 6) is -0.0325. The number of aryl methyl sites for hydroxylation is 1. The van der Waals surface area contributed by atoms with Crippen LogP contribution in [0.25, 0.3) is 0 Å². The average Bonchev–Trinajstić information content (AvgIpc) is 3.37. The molecule has 1 saturated heterocycles. The van der Waals surface area contributed by atoms with Gasteiger partial charge < -0.3 is 20.1 Å². The molecule has 0 spiro atoms. The van der Waals surface area contributed by atoms with E-state index in [-0.39, 0.29) is 18.0 Å². The highest BCUT2D eigenvalue weighted by Gasteiger charge is 2.40. The predicted molar refractivity (Wildman–Crippen MR) is 122 cm³/mol. The van der Waals surface area contributed by atoms with Gasteiger partial charge in [0.25, 0.3) is 0 Å². The van der Waals surface area contributed by atoms with Crippen LogP contribution in [0.4, 0.5) is 5.69 Å². The van der Waals surface area contributed by atoms with Gasteiger partial charge in [-0.15, -0.1) is 0 Å². The fourth-order valence-corrected chi connectivity index (χ4v) is 4.25. The zero-order valence-corrected chi connectivity index (χ0v) is 17.7. The highest BCUT2D eigenvalue weighted by Crippen LogP contribution is 2.38. The fraction of sp³-hybridized carbons (Fsp3) is 0.261. The number of carbonyl (C=O) groups is 1. The Bertz CT molecular complexity index is 1000. The van der Waals surface area contributed by atoms with Gasteiger partial charge in [0, 0.05) is 43.3 Å². The molecule has 0 saturated carbocycles. The number of thiocarbonyl (C=S) groups is 1. The SMILES string of the molecule is CCn1cccc1[C@H]1[C@H](c2ccccn2)NC(=S)N1CCC(=O)Nc1ccccc1. The largest absolute Gasteiger partial charge is 0.352 e. The molecular formula is C23H25N5OS. The van der Waals surface area contributed by atoms with E-state index in [9.17, 15) is 4.79 Å². The van der Waals surface area contributed by atoms with Crippen molar-refractivity contribution >= 4 is 28.9 Å². The average molecular weight is 420 g/mol. The van der Waals surface area contributed by atoms with E-state index in [1.165, 1.54) is 0 Å². The van der Waals surface area contributed by atoms with Crippen molar-refractivity contribution in [3.8, 4) is 0 Å². The van der Waals surface area contributed by atoms with Crippen molar-refractivity contribution in [2.24, 2.45) is 0 Å². The van der Waals surface area contributed by atoms with E-state index in [1.54, 1.807) is 6.20 Å². The molecule has 0 radical (unpaired) electrons. The second kappa shape index (κ2) is 9.09. The number of aromatic nitrogens is 2. The molecule has 7 heteroatoms. The van der Waals surface area contributed by atoms with Crippen LogP contribution in [-0.4, -0.2) is 32.0 Å². The standard InChI is InChI=1S/C23H25N5OS/c1-2-27-15-8-12-19(27)22-21(18-11-6-7-14-24-18)26-23(30)28(22)16-13-20(29)25-17-9-4-3-5-10-17/h3-12,14-15,21-22H,2,13,16H2,1H3,(H,25,29)(H,26,30)/t21-,22-/m0/s1. The first-order valence-corrected chi connectivity index (χ1v) is 10.6. The summed E-state index contributed by atoms with van der Waals surface area (Å²) in [4.78, 5) is 19.2. The van der Waals surface area contributed by atoms with Gasteiger partial charge in [-0.1, -0.05) is 24.3 Å². The van der Waals surface area contributed by atoms with Crippen LogP contribution in [0, 0.1) is 0 Å². The van der Waals surface area contributed by atoms with Crippen LogP contribution in [-0.2, 0) is 11.3 Å². The number of hydrogen-bond donors (Lipinski definition) is 2. The number of hydrogen-bond acceptors (Lipinski definition) is 3. The Labute approximate surface area is 181 Å². The van der Waals surface area contributed by atoms with Gasteiger partial charge in [0.1, 0.15) is 0 Å². The van der Waals surface area contributed by atoms with Crippen LogP contribution in [0.3, 0.4) is 0 Å².